The summed E-state index contributed by atoms with van der Waals surface area (Å²) in [6.07, 6.45) is 6.21. The molecule has 0 saturated carbocycles. The maximum atomic E-state index is 13.4. The molecule has 2 aliphatic heterocycles. The normalized spacial score (nSPS) is 20.1. The Labute approximate surface area is 177 Å². The molecule has 0 radical (unpaired) electrons. The molecule has 2 aromatic heterocycles. The second kappa shape index (κ2) is 8.40. The van der Waals surface area contributed by atoms with Gasteiger partial charge in [0.25, 0.3) is 0 Å². The monoisotopic (exact) mass is 404 g/mol. The highest BCUT2D eigenvalue weighted by Gasteiger charge is 2.33. The van der Waals surface area contributed by atoms with Crippen molar-refractivity contribution in [1.29, 1.82) is 0 Å². The summed E-state index contributed by atoms with van der Waals surface area (Å²) >= 11 is 0. The van der Waals surface area contributed by atoms with Crippen molar-refractivity contribution in [2.75, 3.05) is 26.2 Å². The van der Waals surface area contributed by atoms with Gasteiger partial charge in [0.15, 0.2) is 0 Å². The summed E-state index contributed by atoms with van der Waals surface area (Å²) in [4.78, 5) is 17.7. The van der Waals surface area contributed by atoms with Crippen LogP contribution in [0.2, 0.25) is 0 Å². The highest BCUT2D eigenvalue weighted by Crippen LogP contribution is 2.32. The lowest BCUT2D eigenvalue weighted by atomic mass is 10.0. The molecule has 156 valence electrons. The van der Waals surface area contributed by atoms with Crippen LogP contribution in [0.15, 0.2) is 71.5 Å². The van der Waals surface area contributed by atoms with Crippen LogP contribution in [0.25, 0.3) is 0 Å². The van der Waals surface area contributed by atoms with Gasteiger partial charge in [-0.25, -0.2) is 4.79 Å². The van der Waals surface area contributed by atoms with Gasteiger partial charge in [-0.3, -0.25) is 4.90 Å². The fraction of sp³-hybridized carbons (Fsp3) is 0.375. The topological polar surface area (TPSA) is 53.7 Å². The van der Waals surface area contributed by atoms with Crippen molar-refractivity contribution < 1.29 is 9.21 Å². The van der Waals surface area contributed by atoms with E-state index in [1.165, 1.54) is 12.8 Å². The van der Waals surface area contributed by atoms with Crippen molar-refractivity contribution in [3.63, 3.8) is 0 Å². The molecule has 1 aromatic carbocycles. The molecule has 1 N–H and O–H groups in total. The number of carbonyl (C=O) groups excluding carboxylic acids is 1. The van der Waals surface area contributed by atoms with Crippen molar-refractivity contribution >= 4 is 6.03 Å². The Balaban J connectivity index is 1.35. The maximum Gasteiger partial charge on any atom is 0.318 e. The van der Waals surface area contributed by atoms with Crippen molar-refractivity contribution in [3.05, 3.63) is 84.1 Å². The Bertz CT molecular complexity index is 960. The number of furan rings is 1. The molecule has 6 heteroatoms. The summed E-state index contributed by atoms with van der Waals surface area (Å²) in [6, 6.07) is 18.4. The summed E-state index contributed by atoms with van der Waals surface area (Å²) in [5.41, 5.74) is 2.29. The maximum absolute atomic E-state index is 13.4. The number of benzene rings is 1. The highest BCUT2D eigenvalue weighted by atomic mass is 16.3. The Morgan fingerprint density at radius 2 is 1.83 bits per heavy atom. The lowest BCUT2D eigenvalue weighted by molar-refractivity contribution is 0.159. The van der Waals surface area contributed by atoms with E-state index in [4.69, 9.17) is 4.42 Å². The molecule has 0 bridgehead atoms. The fourth-order valence-electron chi connectivity index (χ4n) is 4.82. The number of nitrogens with zero attached hydrogens (tertiary/aromatic N) is 3. The second-order valence-electron chi connectivity index (χ2n) is 8.09. The van der Waals surface area contributed by atoms with E-state index in [0.29, 0.717) is 13.1 Å². The lowest BCUT2D eigenvalue weighted by Crippen LogP contribution is -2.49. The molecule has 6 nitrogen and oxygen atoms in total. The number of amides is 2. The molecule has 1 fully saturated rings. The number of hydrogen-bond acceptors (Lipinski definition) is 3. The molecular weight excluding hydrogens is 376 g/mol. The number of aromatic nitrogens is 1. The third-order valence-corrected chi connectivity index (χ3v) is 6.31. The molecular formula is C24H28N4O2. The van der Waals surface area contributed by atoms with Crippen LogP contribution in [-0.4, -0.2) is 46.6 Å². The van der Waals surface area contributed by atoms with Gasteiger partial charge in [-0.2, -0.15) is 0 Å². The van der Waals surface area contributed by atoms with Crippen LogP contribution < -0.4 is 5.32 Å². The van der Waals surface area contributed by atoms with Crippen LogP contribution >= 0.6 is 0 Å². The van der Waals surface area contributed by atoms with E-state index in [1.807, 2.05) is 35.2 Å². The first-order valence-electron chi connectivity index (χ1n) is 10.8. The van der Waals surface area contributed by atoms with Gasteiger partial charge in [-0.1, -0.05) is 30.3 Å². The summed E-state index contributed by atoms with van der Waals surface area (Å²) in [5, 5.41) is 3.22. The zero-order chi connectivity index (χ0) is 20.3. The first-order valence-corrected chi connectivity index (χ1v) is 10.8. The van der Waals surface area contributed by atoms with Gasteiger partial charge >= 0.3 is 6.03 Å². The lowest BCUT2D eigenvalue weighted by Gasteiger charge is -2.38. The molecule has 3 aromatic rings. The fourth-order valence-corrected chi connectivity index (χ4v) is 4.82. The van der Waals surface area contributed by atoms with E-state index < -0.39 is 0 Å². The van der Waals surface area contributed by atoms with Crippen LogP contribution in [0.5, 0.6) is 0 Å². The molecule has 2 atom stereocenters. The average Bonchev–Trinajstić information content (AvgIpc) is 3.56. The van der Waals surface area contributed by atoms with Crippen LogP contribution in [0.4, 0.5) is 4.79 Å². The minimum absolute atomic E-state index is 0.0212. The first-order chi connectivity index (χ1) is 14.8. The van der Waals surface area contributed by atoms with Gasteiger partial charge in [-0.15, -0.1) is 0 Å². The van der Waals surface area contributed by atoms with Crippen LogP contribution in [0, 0.1) is 0 Å². The van der Waals surface area contributed by atoms with E-state index in [-0.39, 0.29) is 18.1 Å². The number of rotatable bonds is 5. The molecule has 2 aliphatic rings. The molecule has 30 heavy (non-hydrogen) atoms. The summed E-state index contributed by atoms with van der Waals surface area (Å²) in [6.45, 7) is 4.14. The molecule has 0 unspecified atom stereocenters. The van der Waals surface area contributed by atoms with Gasteiger partial charge in [-0.05, 0) is 55.8 Å². The van der Waals surface area contributed by atoms with Gasteiger partial charge in [0.05, 0.1) is 18.3 Å². The Hall–Kier alpha value is -2.99. The van der Waals surface area contributed by atoms with Crippen molar-refractivity contribution in [1.82, 2.24) is 19.7 Å². The Kier molecular flexibility index (Phi) is 5.32. The summed E-state index contributed by atoms with van der Waals surface area (Å²) < 4.78 is 7.95. The Morgan fingerprint density at radius 3 is 2.60 bits per heavy atom. The minimum atomic E-state index is -0.0798. The molecule has 4 heterocycles. The highest BCUT2D eigenvalue weighted by molar-refractivity contribution is 5.75. The number of fused-ring (bicyclic) bond motifs is 1. The standard InChI is InChI=1S/C24H28N4O2/c29-24(25-18-21(22-11-7-17-30-22)26-12-4-5-13-26)28-16-15-27-14-6-10-20(27)23(28)19-8-2-1-3-9-19/h1-3,6-11,14,17,21,23H,4-5,12-13,15-16,18H2,(H,25,29)/t21-,23+/m1/s1. The molecule has 1 saturated heterocycles. The predicted octanol–water partition coefficient (Wildman–Crippen LogP) is 4.03. The van der Waals surface area contributed by atoms with E-state index in [2.05, 4.69) is 45.2 Å². The number of likely N-dealkylation sites (tertiary alicyclic amines) is 1. The van der Waals surface area contributed by atoms with E-state index in [1.54, 1.807) is 6.26 Å². The largest absolute Gasteiger partial charge is 0.468 e. The quantitative estimate of drug-likeness (QED) is 0.698. The van der Waals surface area contributed by atoms with Gasteiger partial charge in [0, 0.05) is 31.5 Å². The third-order valence-electron chi connectivity index (χ3n) is 6.31. The SMILES string of the molecule is O=C(NC[C@H](c1ccco1)N1CCCC1)N1CCn2cccc2[C@@H]1c1ccccc1. The van der Waals surface area contributed by atoms with E-state index >= 15 is 0 Å². The third kappa shape index (κ3) is 3.63. The number of carbonyl (C=O) groups is 1. The number of nitrogens with one attached hydrogen (secondary N) is 1. The van der Waals surface area contributed by atoms with Gasteiger partial charge < -0.3 is 19.2 Å². The zero-order valence-electron chi connectivity index (χ0n) is 17.1. The zero-order valence-corrected chi connectivity index (χ0v) is 17.1. The molecule has 0 aliphatic carbocycles. The van der Waals surface area contributed by atoms with Crippen molar-refractivity contribution in [3.8, 4) is 0 Å². The average molecular weight is 405 g/mol. The Morgan fingerprint density at radius 1 is 1.00 bits per heavy atom. The van der Waals surface area contributed by atoms with Crippen LogP contribution in [0.3, 0.4) is 0 Å². The number of urea groups is 1. The molecule has 0 spiro atoms. The minimum Gasteiger partial charge on any atom is -0.468 e. The smallest absolute Gasteiger partial charge is 0.318 e. The van der Waals surface area contributed by atoms with Crippen molar-refractivity contribution in [2.24, 2.45) is 0 Å². The predicted molar refractivity (Wildman–Crippen MR) is 115 cm³/mol. The van der Waals surface area contributed by atoms with Gasteiger partial charge in [0.2, 0.25) is 0 Å². The van der Waals surface area contributed by atoms with Crippen LogP contribution in [0.1, 0.15) is 41.9 Å². The second-order valence-corrected chi connectivity index (χ2v) is 8.09. The number of hydrogen-bond donors (Lipinski definition) is 1. The van der Waals surface area contributed by atoms with Crippen LogP contribution in [-0.2, 0) is 6.54 Å². The molecule has 5 rings (SSSR count). The first kappa shape index (κ1) is 19.0. The summed E-state index contributed by atoms with van der Waals surface area (Å²) in [5.74, 6) is 0.921. The van der Waals surface area contributed by atoms with E-state index in [0.717, 1.165) is 36.7 Å². The summed E-state index contributed by atoms with van der Waals surface area (Å²) in [7, 11) is 0. The van der Waals surface area contributed by atoms with Crippen molar-refractivity contribution in [2.45, 2.75) is 31.5 Å². The van der Waals surface area contributed by atoms with Gasteiger partial charge in [0.1, 0.15) is 5.76 Å². The molecule has 2 amide bonds. The van der Waals surface area contributed by atoms with E-state index in [9.17, 15) is 4.79 Å².